The average Bonchev–Trinajstić information content (AvgIpc) is 2.73. The molecule has 2 aromatic rings. The van der Waals surface area contributed by atoms with E-state index in [0.29, 0.717) is 0 Å². The van der Waals surface area contributed by atoms with E-state index in [1.54, 1.807) is 0 Å². The number of aromatic nitrogens is 2. The molecule has 4 heteroatoms. The molecule has 0 saturated carbocycles. The molecule has 1 aromatic carbocycles. The van der Waals surface area contributed by atoms with Crippen LogP contribution in [0.15, 0.2) is 34.9 Å². The third-order valence-electron chi connectivity index (χ3n) is 3.06. The fraction of sp³-hybridized carbons (Fsp3) is 0.357. The zero-order valence-corrected chi connectivity index (χ0v) is 12.3. The van der Waals surface area contributed by atoms with E-state index in [2.05, 4.69) is 59.1 Å². The molecule has 0 fully saturated rings. The van der Waals surface area contributed by atoms with Crippen molar-refractivity contribution in [1.82, 2.24) is 9.78 Å². The van der Waals surface area contributed by atoms with Crippen LogP contribution in [0.1, 0.15) is 29.8 Å². The molecule has 0 bridgehead atoms. The maximum Gasteiger partial charge on any atom is 0.0696 e. The summed E-state index contributed by atoms with van der Waals surface area (Å²) in [6.07, 6.45) is 2.64. The number of hydrogen-bond acceptors (Lipinski definition) is 2. The van der Waals surface area contributed by atoms with Crippen molar-refractivity contribution < 1.29 is 0 Å². The number of nitrogens with zero attached hydrogens (tertiary/aromatic N) is 2. The first-order chi connectivity index (χ1) is 8.61. The average molecular weight is 308 g/mol. The van der Waals surface area contributed by atoms with Crippen LogP contribution in [0.4, 0.5) is 0 Å². The quantitative estimate of drug-likeness (QED) is 0.942. The van der Waals surface area contributed by atoms with E-state index in [0.717, 1.165) is 23.1 Å². The highest BCUT2D eigenvalue weighted by Crippen LogP contribution is 2.24. The standard InChI is InChI=1S/C14H18BrN3/c1-3-18-14(12(15)9-17-18)13(16)8-11-6-4-10(2)5-7-11/h4-7,9,13H,3,8,16H2,1-2H3. The summed E-state index contributed by atoms with van der Waals surface area (Å²) in [5, 5.41) is 4.30. The van der Waals surface area contributed by atoms with Crippen LogP contribution in [-0.4, -0.2) is 9.78 Å². The molecule has 1 heterocycles. The van der Waals surface area contributed by atoms with Gasteiger partial charge in [0.15, 0.2) is 0 Å². The van der Waals surface area contributed by atoms with Gasteiger partial charge in [-0.05, 0) is 41.8 Å². The SMILES string of the molecule is CCn1ncc(Br)c1C(N)Cc1ccc(C)cc1. The molecule has 0 amide bonds. The fourth-order valence-corrected chi connectivity index (χ4v) is 2.66. The summed E-state index contributed by atoms with van der Waals surface area (Å²) in [7, 11) is 0. The highest BCUT2D eigenvalue weighted by Gasteiger charge is 2.16. The van der Waals surface area contributed by atoms with Crippen LogP contribution in [-0.2, 0) is 13.0 Å². The molecule has 0 aliphatic heterocycles. The second-order valence-corrected chi connectivity index (χ2v) is 5.34. The van der Waals surface area contributed by atoms with Gasteiger partial charge >= 0.3 is 0 Å². The molecule has 1 aromatic heterocycles. The van der Waals surface area contributed by atoms with Gasteiger partial charge in [0.25, 0.3) is 0 Å². The van der Waals surface area contributed by atoms with E-state index in [1.165, 1.54) is 11.1 Å². The minimum absolute atomic E-state index is 0.0375. The van der Waals surface area contributed by atoms with Crippen molar-refractivity contribution in [3.05, 3.63) is 51.8 Å². The van der Waals surface area contributed by atoms with E-state index in [1.807, 2.05) is 10.9 Å². The largest absolute Gasteiger partial charge is 0.322 e. The van der Waals surface area contributed by atoms with E-state index in [9.17, 15) is 0 Å². The Morgan fingerprint density at radius 2 is 2.00 bits per heavy atom. The van der Waals surface area contributed by atoms with Crippen molar-refractivity contribution in [1.29, 1.82) is 0 Å². The van der Waals surface area contributed by atoms with Crippen molar-refractivity contribution in [3.63, 3.8) is 0 Å². The Hall–Kier alpha value is -1.13. The van der Waals surface area contributed by atoms with Crippen LogP contribution in [0, 0.1) is 6.92 Å². The van der Waals surface area contributed by atoms with Crippen LogP contribution >= 0.6 is 15.9 Å². The molecule has 1 atom stereocenters. The summed E-state index contributed by atoms with van der Waals surface area (Å²) in [5.41, 5.74) is 9.89. The van der Waals surface area contributed by atoms with Crippen LogP contribution in [0.25, 0.3) is 0 Å². The Kier molecular flexibility index (Phi) is 4.19. The number of benzene rings is 1. The summed E-state index contributed by atoms with van der Waals surface area (Å²) in [6.45, 7) is 5.00. The van der Waals surface area contributed by atoms with Gasteiger partial charge in [-0.3, -0.25) is 4.68 Å². The predicted octanol–water partition coefficient (Wildman–Crippen LogP) is 3.22. The summed E-state index contributed by atoms with van der Waals surface area (Å²) in [5.74, 6) is 0. The number of halogens is 1. The van der Waals surface area contributed by atoms with E-state index < -0.39 is 0 Å². The Balaban J connectivity index is 2.18. The van der Waals surface area contributed by atoms with Gasteiger partial charge in [-0.15, -0.1) is 0 Å². The molecule has 96 valence electrons. The van der Waals surface area contributed by atoms with Gasteiger partial charge in [0.05, 0.1) is 22.4 Å². The maximum atomic E-state index is 6.30. The number of nitrogens with two attached hydrogens (primary N) is 1. The first-order valence-electron chi connectivity index (χ1n) is 6.14. The minimum Gasteiger partial charge on any atom is -0.322 e. The lowest BCUT2D eigenvalue weighted by atomic mass is 10.0. The Bertz CT molecular complexity index is 516. The topological polar surface area (TPSA) is 43.8 Å². The molecule has 3 nitrogen and oxygen atoms in total. The molecule has 2 rings (SSSR count). The summed E-state index contributed by atoms with van der Waals surface area (Å²) >= 11 is 3.52. The molecule has 0 radical (unpaired) electrons. The molecular weight excluding hydrogens is 290 g/mol. The lowest BCUT2D eigenvalue weighted by Crippen LogP contribution is -2.18. The predicted molar refractivity (Wildman–Crippen MR) is 77.4 cm³/mol. The zero-order chi connectivity index (χ0) is 13.1. The summed E-state index contributed by atoms with van der Waals surface area (Å²) in [4.78, 5) is 0. The number of hydrogen-bond donors (Lipinski definition) is 1. The van der Waals surface area contributed by atoms with Crippen molar-refractivity contribution in [2.45, 2.75) is 32.9 Å². The zero-order valence-electron chi connectivity index (χ0n) is 10.7. The Labute approximate surface area is 116 Å². The smallest absolute Gasteiger partial charge is 0.0696 e. The Morgan fingerprint density at radius 3 is 2.61 bits per heavy atom. The van der Waals surface area contributed by atoms with Crippen molar-refractivity contribution in [2.75, 3.05) is 0 Å². The van der Waals surface area contributed by atoms with Gasteiger partial charge < -0.3 is 5.73 Å². The number of aryl methyl sites for hydroxylation is 2. The Morgan fingerprint density at radius 1 is 1.33 bits per heavy atom. The molecule has 2 N–H and O–H groups in total. The first-order valence-corrected chi connectivity index (χ1v) is 6.93. The van der Waals surface area contributed by atoms with Crippen LogP contribution in [0.5, 0.6) is 0 Å². The monoisotopic (exact) mass is 307 g/mol. The highest BCUT2D eigenvalue weighted by molar-refractivity contribution is 9.10. The molecule has 18 heavy (non-hydrogen) atoms. The molecule has 0 spiro atoms. The molecule has 0 saturated heterocycles. The normalized spacial score (nSPS) is 12.7. The van der Waals surface area contributed by atoms with Crippen LogP contribution < -0.4 is 5.73 Å². The molecular formula is C14H18BrN3. The van der Waals surface area contributed by atoms with Gasteiger partial charge in [-0.25, -0.2) is 0 Å². The molecule has 0 aliphatic carbocycles. The van der Waals surface area contributed by atoms with E-state index in [-0.39, 0.29) is 6.04 Å². The van der Waals surface area contributed by atoms with Crippen LogP contribution in [0.2, 0.25) is 0 Å². The summed E-state index contributed by atoms with van der Waals surface area (Å²) < 4.78 is 2.94. The maximum absolute atomic E-state index is 6.30. The van der Waals surface area contributed by atoms with Gasteiger partial charge in [0.2, 0.25) is 0 Å². The molecule has 1 unspecified atom stereocenters. The second-order valence-electron chi connectivity index (χ2n) is 4.49. The fourth-order valence-electron chi connectivity index (χ4n) is 2.07. The van der Waals surface area contributed by atoms with Crippen molar-refractivity contribution in [3.8, 4) is 0 Å². The third kappa shape index (κ3) is 2.82. The van der Waals surface area contributed by atoms with Gasteiger partial charge in [0.1, 0.15) is 0 Å². The van der Waals surface area contributed by atoms with Gasteiger partial charge in [0, 0.05) is 6.54 Å². The van der Waals surface area contributed by atoms with Crippen molar-refractivity contribution >= 4 is 15.9 Å². The number of rotatable bonds is 4. The minimum atomic E-state index is -0.0375. The lowest BCUT2D eigenvalue weighted by molar-refractivity contribution is 0.567. The lowest BCUT2D eigenvalue weighted by Gasteiger charge is -2.14. The van der Waals surface area contributed by atoms with E-state index >= 15 is 0 Å². The van der Waals surface area contributed by atoms with Crippen molar-refractivity contribution in [2.24, 2.45) is 5.73 Å². The first kappa shape index (κ1) is 13.3. The third-order valence-corrected chi connectivity index (χ3v) is 3.67. The van der Waals surface area contributed by atoms with Crippen LogP contribution in [0.3, 0.4) is 0 Å². The van der Waals surface area contributed by atoms with Gasteiger partial charge in [-0.1, -0.05) is 29.8 Å². The van der Waals surface area contributed by atoms with Gasteiger partial charge in [-0.2, -0.15) is 5.10 Å². The second kappa shape index (κ2) is 5.67. The summed E-state index contributed by atoms with van der Waals surface area (Å²) in [6, 6.07) is 8.47. The van der Waals surface area contributed by atoms with E-state index in [4.69, 9.17) is 5.73 Å². The molecule has 0 aliphatic rings. The highest BCUT2D eigenvalue weighted by atomic mass is 79.9.